The first-order valence-corrected chi connectivity index (χ1v) is 6.60. The van der Waals surface area contributed by atoms with Gasteiger partial charge in [-0.3, -0.25) is 0 Å². The van der Waals surface area contributed by atoms with Gasteiger partial charge in [0.1, 0.15) is 5.82 Å². The number of benzene rings is 1. The van der Waals surface area contributed by atoms with Gasteiger partial charge in [-0.25, -0.2) is 4.39 Å². The molecule has 0 fully saturated rings. The van der Waals surface area contributed by atoms with E-state index in [9.17, 15) is 4.39 Å². The maximum Gasteiger partial charge on any atom is 0.127 e. The third-order valence-corrected chi connectivity index (χ3v) is 3.85. The van der Waals surface area contributed by atoms with Crippen molar-refractivity contribution in [2.45, 2.75) is 33.4 Å². The summed E-state index contributed by atoms with van der Waals surface area (Å²) < 4.78 is 15.8. The van der Waals surface area contributed by atoms with Crippen molar-refractivity contribution in [3.05, 3.63) is 58.7 Å². The van der Waals surface area contributed by atoms with Crippen LogP contribution in [0.25, 0.3) is 0 Å². The quantitative estimate of drug-likeness (QED) is 0.888. The van der Waals surface area contributed by atoms with Crippen molar-refractivity contribution in [3.63, 3.8) is 0 Å². The summed E-state index contributed by atoms with van der Waals surface area (Å²) in [4.78, 5) is 0. The van der Waals surface area contributed by atoms with Crippen LogP contribution in [0.3, 0.4) is 0 Å². The Morgan fingerprint density at radius 3 is 2.53 bits per heavy atom. The first-order chi connectivity index (χ1) is 9.00. The van der Waals surface area contributed by atoms with Gasteiger partial charge < -0.3 is 9.88 Å². The van der Waals surface area contributed by atoms with Crippen molar-refractivity contribution in [3.8, 4) is 0 Å². The van der Waals surface area contributed by atoms with E-state index in [0.29, 0.717) is 5.56 Å². The summed E-state index contributed by atoms with van der Waals surface area (Å²) in [5.74, 6) is -0.150. The predicted octanol–water partition coefficient (Wildman–Crippen LogP) is 3.63. The number of hydrogen-bond donors (Lipinski definition) is 1. The van der Waals surface area contributed by atoms with Gasteiger partial charge in [0, 0.05) is 36.6 Å². The third kappa shape index (κ3) is 2.87. The van der Waals surface area contributed by atoms with Gasteiger partial charge >= 0.3 is 0 Å². The van der Waals surface area contributed by atoms with Crippen molar-refractivity contribution in [2.24, 2.45) is 7.05 Å². The Bertz CT molecular complexity index is 572. The van der Waals surface area contributed by atoms with Crippen LogP contribution in [0.1, 0.15) is 35.5 Å². The Kier molecular flexibility index (Phi) is 4.05. The highest BCUT2D eigenvalue weighted by Gasteiger charge is 2.11. The lowest BCUT2D eigenvalue weighted by Gasteiger charge is -2.15. The summed E-state index contributed by atoms with van der Waals surface area (Å²) in [5, 5.41) is 3.38. The molecule has 0 amide bonds. The Morgan fingerprint density at radius 1 is 1.26 bits per heavy atom. The number of aromatic nitrogens is 1. The van der Waals surface area contributed by atoms with Gasteiger partial charge in [-0.05, 0) is 38.5 Å². The van der Waals surface area contributed by atoms with Crippen LogP contribution in [-0.4, -0.2) is 4.57 Å². The summed E-state index contributed by atoms with van der Waals surface area (Å²) in [7, 11) is 2.06. The van der Waals surface area contributed by atoms with Gasteiger partial charge in [0.15, 0.2) is 0 Å². The van der Waals surface area contributed by atoms with E-state index in [-0.39, 0.29) is 11.9 Å². The molecule has 0 radical (unpaired) electrons. The number of halogens is 1. The third-order valence-electron chi connectivity index (χ3n) is 3.85. The molecule has 1 heterocycles. The molecule has 0 aliphatic heterocycles. The van der Waals surface area contributed by atoms with Crippen molar-refractivity contribution < 1.29 is 4.39 Å². The zero-order valence-corrected chi connectivity index (χ0v) is 12.0. The van der Waals surface area contributed by atoms with Crippen molar-refractivity contribution in [2.75, 3.05) is 0 Å². The van der Waals surface area contributed by atoms with Crippen molar-refractivity contribution in [1.82, 2.24) is 9.88 Å². The van der Waals surface area contributed by atoms with Crippen molar-refractivity contribution in [1.29, 1.82) is 0 Å². The smallest absolute Gasteiger partial charge is 0.127 e. The molecule has 1 aromatic carbocycles. The van der Waals surface area contributed by atoms with Gasteiger partial charge in [-0.15, -0.1) is 0 Å². The maximum absolute atomic E-state index is 13.7. The van der Waals surface area contributed by atoms with Gasteiger partial charge in [-0.1, -0.05) is 18.2 Å². The summed E-state index contributed by atoms with van der Waals surface area (Å²) >= 11 is 0. The van der Waals surface area contributed by atoms with Crippen LogP contribution < -0.4 is 5.32 Å². The van der Waals surface area contributed by atoms with Gasteiger partial charge in [0.2, 0.25) is 0 Å². The predicted molar refractivity (Wildman–Crippen MR) is 76.5 cm³/mol. The first kappa shape index (κ1) is 13.8. The minimum atomic E-state index is -0.150. The standard InChI is InChI=1S/C16H21FN2/c1-11-9-14(13(3)19(11)4)10-18-12(2)15-7-5-6-8-16(15)17/h5-9,12,18H,10H2,1-4H3/t12-/m1/s1. The molecule has 0 saturated carbocycles. The lowest BCUT2D eigenvalue weighted by Crippen LogP contribution is -2.19. The second kappa shape index (κ2) is 5.57. The summed E-state index contributed by atoms with van der Waals surface area (Å²) in [6, 6.07) is 9.10. The van der Waals surface area contributed by atoms with E-state index in [1.54, 1.807) is 6.07 Å². The Morgan fingerprint density at radius 2 is 1.95 bits per heavy atom. The Labute approximate surface area is 114 Å². The highest BCUT2D eigenvalue weighted by molar-refractivity contribution is 5.27. The molecule has 0 spiro atoms. The van der Waals surface area contributed by atoms with E-state index >= 15 is 0 Å². The molecule has 0 aliphatic rings. The average Bonchev–Trinajstić information content (AvgIpc) is 2.64. The summed E-state index contributed by atoms with van der Waals surface area (Å²) in [6.45, 7) is 6.95. The maximum atomic E-state index is 13.7. The second-order valence-corrected chi connectivity index (χ2v) is 5.08. The van der Waals surface area contributed by atoms with Gasteiger partial charge in [-0.2, -0.15) is 0 Å². The first-order valence-electron chi connectivity index (χ1n) is 6.60. The Balaban J connectivity index is 2.06. The molecule has 0 saturated heterocycles. The normalized spacial score (nSPS) is 12.7. The number of aryl methyl sites for hydroxylation is 1. The van der Waals surface area contributed by atoms with Gasteiger partial charge in [0.05, 0.1) is 0 Å². The number of hydrogen-bond acceptors (Lipinski definition) is 1. The lowest BCUT2D eigenvalue weighted by atomic mass is 10.1. The van der Waals surface area contributed by atoms with E-state index in [1.165, 1.54) is 23.0 Å². The molecule has 19 heavy (non-hydrogen) atoms. The molecule has 0 bridgehead atoms. The summed E-state index contributed by atoms with van der Waals surface area (Å²) in [6.07, 6.45) is 0. The van der Waals surface area contributed by atoms with Crippen LogP contribution in [-0.2, 0) is 13.6 Å². The number of nitrogens with one attached hydrogen (secondary N) is 1. The molecule has 2 nitrogen and oxygen atoms in total. The number of rotatable bonds is 4. The number of nitrogens with zero attached hydrogens (tertiary/aromatic N) is 1. The molecule has 1 atom stereocenters. The van der Waals surface area contributed by atoms with Crippen molar-refractivity contribution >= 4 is 0 Å². The minimum Gasteiger partial charge on any atom is -0.352 e. The molecule has 3 heteroatoms. The minimum absolute atomic E-state index is 0.00103. The van der Waals surface area contributed by atoms with Gasteiger partial charge in [0.25, 0.3) is 0 Å². The van der Waals surface area contributed by atoms with E-state index in [0.717, 1.165) is 6.54 Å². The highest BCUT2D eigenvalue weighted by atomic mass is 19.1. The fourth-order valence-corrected chi connectivity index (χ4v) is 2.31. The topological polar surface area (TPSA) is 17.0 Å². The Hall–Kier alpha value is -1.61. The molecule has 2 aromatic rings. The average molecular weight is 260 g/mol. The SMILES string of the molecule is Cc1cc(CN[C@H](C)c2ccccc2F)c(C)n1C. The van der Waals surface area contributed by atoms with Crippen LogP contribution in [0.2, 0.25) is 0 Å². The van der Waals surface area contributed by atoms with Crippen LogP contribution in [0, 0.1) is 19.7 Å². The largest absolute Gasteiger partial charge is 0.352 e. The molecule has 2 rings (SSSR count). The zero-order valence-electron chi connectivity index (χ0n) is 12.0. The second-order valence-electron chi connectivity index (χ2n) is 5.08. The fourth-order valence-electron chi connectivity index (χ4n) is 2.31. The lowest BCUT2D eigenvalue weighted by molar-refractivity contribution is 0.527. The molecule has 1 aromatic heterocycles. The zero-order chi connectivity index (χ0) is 14.0. The molecular formula is C16H21FN2. The molecule has 0 aliphatic carbocycles. The van der Waals surface area contributed by atoms with Crippen LogP contribution in [0.4, 0.5) is 4.39 Å². The van der Waals surface area contributed by atoms with E-state index in [4.69, 9.17) is 0 Å². The highest BCUT2D eigenvalue weighted by Crippen LogP contribution is 2.18. The monoisotopic (exact) mass is 260 g/mol. The van der Waals surface area contributed by atoms with Crippen LogP contribution >= 0.6 is 0 Å². The molecular weight excluding hydrogens is 239 g/mol. The van der Waals surface area contributed by atoms with E-state index in [2.05, 4.69) is 36.8 Å². The van der Waals surface area contributed by atoms with E-state index < -0.39 is 0 Å². The molecule has 0 unspecified atom stereocenters. The van der Waals surface area contributed by atoms with Crippen LogP contribution in [0.15, 0.2) is 30.3 Å². The molecule has 102 valence electrons. The fraction of sp³-hybridized carbons (Fsp3) is 0.375. The van der Waals surface area contributed by atoms with Crippen LogP contribution in [0.5, 0.6) is 0 Å². The summed E-state index contributed by atoms with van der Waals surface area (Å²) in [5.41, 5.74) is 4.48. The molecule has 1 N–H and O–H groups in total. The van der Waals surface area contributed by atoms with E-state index in [1.807, 2.05) is 19.1 Å².